The minimum absolute atomic E-state index is 0.00896. The predicted octanol–water partition coefficient (Wildman–Crippen LogP) is 20.9. The number of rotatable bonds is 9. The summed E-state index contributed by atoms with van der Waals surface area (Å²) in [5.74, 6) is 0.184. The molecule has 1 N–H and O–H groups in total. The number of nitrogens with zero attached hydrogens (tertiary/aromatic N) is 4. The van der Waals surface area contributed by atoms with Crippen LogP contribution in [0.1, 0.15) is 42.5 Å². The molecule has 86 heavy (non-hydrogen) atoms. The second kappa shape index (κ2) is 20.6. The van der Waals surface area contributed by atoms with Gasteiger partial charge in [0.1, 0.15) is 6.17 Å². The molecule has 0 saturated heterocycles. The third kappa shape index (κ3) is 8.44. The first kappa shape index (κ1) is 49.9. The zero-order valence-electron chi connectivity index (χ0n) is 47.6. The van der Waals surface area contributed by atoms with E-state index in [1.54, 1.807) is 0 Å². The van der Waals surface area contributed by atoms with Crippen LogP contribution in [0.3, 0.4) is 0 Å². The van der Waals surface area contributed by atoms with Crippen LogP contribution in [0.15, 0.2) is 303 Å². The summed E-state index contributed by atoms with van der Waals surface area (Å²) in [6.07, 6.45) is 19.5. The van der Waals surface area contributed by atoms with Gasteiger partial charge in [-0.2, -0.15) is 0 Å². The number of anilines is 4. The van der Waals surface area contributed by atoms with Crippen molar-refractivity contribution in [2.24, 2.45) is 0 Å². The average Bonchev–Trinajstić information content (AvgIpc) is 1.87. The Balaban J connectivity index is 0.809. The third-order valence-electron chi connectivity index (χ3n) is 18.7. The molecule has 0 amide bonds. The molecule has 11 aromatic carbocycles. The SMILES string of the molecule is C1=CCC(N2c3ccccc3NC2c2ccc(-n3c4ccc(-c5ccccc5)cc4c4cc(-c5ccc6c(c5)c5cc(-c7ccccc7)ccc5n6C5=CC6CCC(C=C5)N(c5ccccc5)c5ccc(-c7ccccc7)cc56)ccc43)cc2)C=C1. The van der Waals surface area contributed by atoms with Gasteiger partial charge in [0.2, 0.25) is 0 Å². The van der Waals surface area contributed by atoms with Gasteiger partial charge in [-0.05, 0) is 178 Å². The fraction of sp³-hybridized carbons (Fsp3) is 0.0864. The molecule has 2 aliphatic carbocycles. The average molecular weight is 1100 g/mol. The van der Waals surface area contributed by atoms with E-state index in [2.05, 4.69) is 328 Å². The van der Waals surface area contributed by atoms with Crippen molar-refractivity contribution in [3.05, 3.63) is 315 Å². The fourth-order valence-corrected chi connectivity index (χ4v) is 14.5. The van der Waals surface area contributed by atoms with Crippen molar-refractivity contribution in [3.63, 3.8) is 0 Å². The molecule has 0 spiro atoms. The van der Waals surface area contributed by atoms with E-state index in [4.69, 9.17) is 0 Å². The molecular weight excluding hydrogens is 1040 g/mol. The van der Waals surface area contributed by atoms with Crippen LogP contribution in [0.4, 0.5) is 22.7 Å². The van der Waals surface area contributed by atoms with Crippen LogP contribution >= 0.6 is 0 Å². The van der Waals surface area contributed by atoms with E-state index in [9.17, 15) is 0 Å². The summed E-state index contributed by atoms with van der Waals surface area (Å²) in [5, 5.41) is 8.80. The Kier molecular flexibility index (Phi) is 12.0. The quantitative estimate of drug-likeness (QED) is 0.156. The molecule has 0 saturated carbocycles. The molecule has 2 aromatic heterocycles. The molecule has 13 aromatic rings. The largest absolute Gasteiger partial charge is 0.360 e. The normalized spacial score (nSPS) is 17.8. The number of allylic oxidation sites excluding steroid dienone is 5. The van der Waals surface area contributed by atoms with Gasteiger partial charge in [0.25, 0.3) is 0 Å². The van der Waals surface area contributed by atoms with Crippen LogP contribution in [-0.2, 0) is 0 Å². The highest BCUT2D eigenvalue weighted by molar-refractivity contribution is 6.14. The Labute approximate surface area is 501 Å². The summed E-state index contributed by atoms with van der Waals surface area (Å²) >= 11 is 0. The van der Waals surface area contributed by atoms with Gasteiger partial charge in [0, 0.05) is 50.2 Å². The van der Waals surface area contributed by atoms with Gasteiger partial charge in [0.15, 0.2) is 0 Å². The van der Waals surface area contributed by atoms with Gasteiger partial charge in [0.05, 0.1) is 45.5 Å². The van der Waals surface area contributed by atoms with Crippen molar-refractivity contribution in [2.45, 2.75) is 43.4 Å². The first-order valence-electron chi connectivity index (χ1n) is 30.4. The first-order chi connectivity index (χ1) is 42.6. The van der Waals surface area contributed by atoms with Crippen molar-refractivity contribution < 1.29 is 0 Å². The van der Waals surface area contributed by atoms with E-state index >= 15 is 0 Å². The number of benzene rings is 11. The maximum Gasteiger partial charge on any atom is 0.126 e. The molecule has 4 atom stereocenters. The lowest BCUT2D eigenvalue weighted by atomic mass is 9.89. The summed E-state index contributed by atoms with van der Waals surface area (Å²) in [5.41, 5.74) is 24.3. The predicted molar refractivity (Wildman–Crippen MR) is 362 cm³/mol. The standard InChI is InChI=1S/C81H61N5/c1-6-18-54(19-7-1)58-33-43-75-69(49-58)63-32-40-66(83(75)64-24-12-4-13-25-64)41-42-68(48-63)85-78-45-35-60(56-22-10-3-11-23-56)51-71(78)73-53-62(37-47-79(73)85)61-36-46-77-72(52-61)70-50-59(55-20-8-2-9-21-55)34-44-76(70)84(77)67-38-30-57(31-39-67)81-82-74-28-16-17-29-80(74)86(81)65-26-14-5-15-27-65/h1-26,28-31,33-39,41-53,63,65-66,81-82H,27,32,40H2. The van der Waals surface area contributed by atoms with E-state index in [0.717, 1.165) is 24.9 Å². The highest BCUT2D eigenvalue weighted by atomic mass is 15.3. The fourth-order valence-electron chi connectivity index (χ4n) is 14.5. The van der Waals surface area contributed by atoms with Crippen molar-refractivity contribution in [1.82, 2.24) is 9.13 Å². The zero-order valence-corrected chi connectivity index (χ0v) is 47.6. The molecule has 4 aliphatic rings. The number of nitrogens with one attached hydrogen (secondary N) is 1. The summed E-state index contributed by atoms with van der Waals surface area (Å²) in [6.45, 7) is 0. The molecule has 17 rings (SSSR count). The smallest absolute Gasteiger partial charge is 0.126 e. The van der Waals surface area contributed by atoms with Crippen molar-refractivity contribution >= 4 is 72.1 Å². The molecule has 5 nitrogen and oxygen atoms in total. The Morgan fingerprint density at radius 1 is 0.372 bits per heavy atom. The molecule has 2 aliphatic heterocycles. The van der Waals surface area contributed by atoms with Crippen molar-refractivity contribution in [2.75, 3.05) is 15.1 Å². The van der Waals surface area contributed by atoms with Crippen LogP contribution < -0.4 is 15.1 Å². The number of hydrogen-bond donors (Lipinski definition) is 1. The zero-order chi connectivity index (χ0) is 56.7. The summed E-state index contributed by atoms with van der Waals surface area (Å²) in [6, 6.07) is 97.5. The van der Waals surface area contributed by atoms with Gasteiger partial charge in [-0.3, -0.25) is 0 Å². The number of hydrogen-bond acceptors (Lipinski definition) is 3. The Hall–Kier alpha value is -10.6. The van der Waals surface area contributed by atoms with E-state index in [-0.39, 0.29) is 24.2 Å². The van der Waals surface area contributed by atoms with Crippen LogP contribution in [0.25, 0.3) is 99.5 Å². The van der Waals surface area contributed by atoms with Crippen LogP contribution in [0.5, 0.6) is 0 Å². The van der Waals surface area contributed by atoms with Crippen molar-refractivity contribution in [1.29, 1.82) is 0 Å². The summed E-state index contributed by atoms with van der Waals surface area (Å²) in [4.78, 5) is 5.13. The van der Waals surface area contributed by atoms with Crippen LogP contribution in [0, 0.1) is 0 Å². The van der Waals surface area contributed by atoms with Gasteiger partial charge < -0.3 is 24.3 Å². The minimum atomic E-state index is 0.00896. The van der Waals surface area contributed by atoms with Crippen molar-refractivity contribution in [3.8, 4) is 50.2 Å². The van der Waals surface area contributed by atoms with E-state index in [0.29, 0.717) is 0 Å². The maximum absolute atomic E-state index is 3.89. The molecule has 410 valence electrons. The van der Waals surface area contributed by atoms with Gasteiger partial charge in [-0.25, -0.2) is 0 Å². The van der Waals surface area contributed by atoms with E-state index in [1.165, 1.54) is 128 Å². The first-order valence-corrected chi connectivity index (χ1v) is 30.4. The lowest BCUT2D eigenvalue weighted by molar-refractivity contribution is 0.632. The molecule has 5 heteroatoms. The summed E-state index contributed by atoms with van der Waals surface area (Å²) in [7, 11) is 0. The van der Waals surface area contributed by atoms with Gasteiger partial charge >= 0.3 is 0 Å². The molecular formula is C81H61N5. The highest BCUT2D eigenvalue weighted by Gasteiger charge is 2.35. The molecule has 4 heterocycles. The molecule has 0 fully saturated rings. The lowest BCUT2D eigenvalue weighted by Gasteiger charge is -2.34. The van der Waals surface area contributed by atoms with E-state index < -0.39 is 0 Å². The Morgan fingerprint density at radius 2 is 0.884 bits per heavy atom. The van der Waals surface area contributed by atoms with Crippen LogP contribution in [-0.4, -0.2) is 21.2 Å². The molecule has 2 bridgehead atoms. The van der Waals surface area contributed by atoms with Gasteiger partial charge in [-0.1, -0.05) is 200 Å². The Morgan fingerprint density at radius 3 is 1.45 bits per heavy atom. The number of para-hydroxylation sites is 3. The highest BCUT2D eigenvalue weighted by Crippen LogP contribution is 2.48. The summed E-state index contributed by atoms with van der Waals surface area (Å²) < 4.78 is 5.01. The second-order valence-electron chi connectivity index (χ2n) is 23.6. The molecule has 0 radical (unpaired) electrons. The number of aromatic nitrogens is 2. The van der Waals surface area contributed by atoms with E-state index in [1.807, 2.05) is 0 Å². The van der Waals surface area contributed by atoms with Crippen LogP contribution in [0.2, 0.25) is 0 Å². The number of fused-ring (bicyclic) bond motifs is 12. The minimum Gasteiger partial charge on any atom is -0.360 e. The maximum atomic E-state index is 3.89. The third-order valence-corrected chi connectivity index (χ3v) is 18.7. The topological polar surface area (TPSA) is 28.4 Å². The molecule has 4 unspecified atom stereocenters. The Bertz CT molecular complexity index is 4890. The van der Waals surface area contributed by atoms with Gasteiger partial charge in [-0.15, -0.1) is 0 Å². The second-order valence-corrected chi connectivity index (χ2v) is 23.6. The monoisotopic (exact) mass is 1100 g/mol. The lowest BCUT2D eigenvalue weighted by Crippen LogP contribution is -2.37.